The summed E-state index contributed by atoms with van der Waals surface area (Å²) in [6, 6.07) is 24.7. The minimum Gasteiger partial charge on any atom is -0.502 e. The Balaban J connectivity index is 1.86. The molecule has 0 radical (unpaired) electrons. The molecule has 32 heavy (non-hydrogen) atoms. The van der Waals surface area contributed by atoms with Crippen molar-refractivity contribution in [3.63, 3.8) is 0 Å². The first-order valence-electron chi connectivity index (χ1n) is 9.83. The monoisotopic (exact) mass is 424 g/mol. The van der Waals surface area contributed by atoms with Gasteiger partial charge >= 0.3 is 0 Å². The molecular weight excluding hydrogens is 404 g/mol. The molecule has 158 valence electrons. The highest BCUT2D eigenvalue weighted by Crippen LogP contribution is 2.42. The molecule has 0 bridgehead atoms. The van der Waals surface area contributed by atoms with Gasteiger partial charge in [0.05, 0.1) is 14.2 Å². The van der Waals surface area contributed by atoms with Crippen LogP contribution in [0.3, 0.4) is 0 Å². The van der Waals surface area contributed by atoms with Gasteiger partial charge in [0.1, 0.15) is 17.4 Å². The SMILES string of the molecule is COc1cc(/C=N/c2oc(-c3ccccc3)c(-c3ccccc3)c2C#N)cc(OC)c1O. The molecule has 6 nitrogen and oxygen atoms in total. The summed E-state index contributed by atoms with van der Waals surface area (Å²) in [4.78, 5) is 4.45. The lowest BCUT2D eigenvalue weighted by Gasteiger charge is -2.09. The quantitative estimate of drug-likeness (QED) is 0.386. The van der Waals surface area contributed by atoms with Gasteiger partial charge < -0.3 is 19.0 Å². The minimum atomic E-state index is -0.0967. The van der Waals surface area contributed by atoms with E-state index in [2.05, 4.69) is 11.1 Å². The number of hydrogen-bond acceptors (Lipinski definition) is 6. The molecule has 0 amide bonds. The van der Waals surface area contributed by atoms with E-state index >= 15 is 0 Å². The van der Waals surface area contributed by atoms with E-state index in [1.165, 1.54) is 20.4 Å². The maximum absolute atomic E-state index is 10.1. The van der Waals surface area contributed by atoms with Crippen molar-refractivity contribution in [3.05, 3.63) is 83.9 Å². The molecule has 4 rings (SSSR count). The summed E-state index contributed by atoms with van der Waals surface area (Å²) in [7, 11) is 2.90. The minimum absolute atomic E-state index is 0.0967. The van der Waals surface area contributed by atoms with Crippen LogP contribution in [0, 0.1) is 11.3 Å². The molecule has 0 unspecified atom stereocenters. The molecule has 0 spiro atoms. The van der Waals surface area contributed by atoms with Crippen LogP contribution in [-0.4, -0.2) is 25.5 Å². The number of phenolic OH excluding ortho intramolecular Hbond substituents is 1. The van der Waals surface area contributed by atoms with Gasteiger partial charge in [-0.15, -0.1) is 0 Å². The van der Waals surface area contributed by atoms with Gasteiger partial charge in [-0.1, -0.05) is 60.7 Å². The Bertz CT molecular complexity index is 1280. The van der Waals surface area contributed by atoms with Crippen LogP contribution in [0.1, 0.15) is 11.1 Å². The fraction of sp³-hybridized carbons (Fsp3) is 0.0769. The zero-order valence-corrected chi connectivity index (χ0v) is 17.6. The Labute approximate surface area is 185 Å². The number of methoxy groups -OCH3 is 2. The van der Waals surface area contributed by atoms with Crippen LogP contribution in [-0.2, 0) is 0 Å². The Hall–Kier alpha value is -4.50. The third kappa shape index (κ3) is 3.92. The van der Waals surface area contributed by atoms with Crippen LogP contribution in [0.5, 0.6) is 17.2 Å². The Morgan fingerprint density at radius 3 is 2.00 bits per heavy atom. The molecule has 6 heteroatoms. The van der Waals surface area contributed by atoms with Crippen molar-refractivity contribution in [2.75, 3.05) is 14.2 Å². The Kier molecular flexibility index (Phi) is 5.91. The first kappa shape index (κ1) is 20.8. The summed E-state index contributed by atoms with van der Waals surface area (Å²) in [5.41, 5.74) is 3.34. The summed E-state index contributed by atoms with van der Waals surface area (Å²) in [6.07, 6.45) is 1.54. The Morgan fingerprint density at radius 2 is 1.47 bits per heavy atom. The number of phenols is 1. The van der Waals surface area contributed by atoms with Crippen molar-refractivity contribution in [2.24, 2.45) is 4.99 Å². The van der Waals surface area contributed by atoms with Crippen LogP contribution < -0.4 is 9.47 Å². The fourth-order valence-corrected chi connectivity index (χ4v) is 3.41. The fourth-order valence-electron chi connectivity index (χ4n) is 3.41. The summed E-state index contributed by atoms with van der Waals surface area (Å²) < 4.78 is 16.5. The highest BCUT2D eigenvalue weighted by Gasteiger charge is 2.22. The zero-order valence-electron chi connectivity index (χ0n) is 17.6. The largest absolute Gasteiger partial charge is 0.502 e. The van der Waals surface area contributed by atoms with Crippen molar-refractivity contribution >= 4 is 12.1 Å². The van der Waals surface area contributed by atoms with Gasteiger partial charge in [0, 0.05) is 22.9 Å². The average Bonchev–Trinajstić information content (AvgIpc) is 3.23. The molecule has 0 aliphatic rings. The number of ether oxygens (including phenoxy) is 2. The number of nitrogens with zero attached hydrogens (tertiary/aromatic N) is 2. The number of nitriles is 1. The molecule has 0 saturated carbocycles. The zero-order chi connectivity index (χ0) is 22.5. The standard InChI is InChI=1S/C26H20N2O4/c1-30-21-13-17(14-22(31-2)24(21)29)16-28-26-20(15-27)23(18-9-5-3-6-10-18)25(32-26)19-11-7-4-8-12-19/h3-14,16,29H,1-2H3/b28-16+. The number of rotatable bonds is 6. The number of aromatic hydroxyl groups is 1. The van der Waals surface area contributed by atoms with Crippen LogP contribution >= 0.6 is 0 Å². The lowest BCUT2D eigenvalue weighted by Crippen LogP contribution is -1.92. The number of furan rings is 1. The summed E-state index contributed by atoms with van der Waals surface area (Å²) in [6.45, 7) is 0. The number of aliphatic imine (C=N–C) groups is 1. The maximum atomic E-state index is 10.1. The van der Waals surface area contributed by atoms with E-state index in [1.54, 1.807) is 12.1 Å². The lowest BCUT2D eigenvalue weighted by molar-refractivity contribution is 0.340. The van der Waals surface area contributed by atoms with Gasteiger partial charge in [-0.05, 0) is 17.7 Å². The van der Waals surface area contributed by atoms with Crippen LogP contribution in [0.15, 0.2) is 82.2 Å². The number of benzene rings is 3. The second-order valence-electron chi connectivity index (χ2n) is 6.86. The summed E-state index contributed by atoms with van der Waals surface area (Å²) in [5.74, 6) is 1.17. The molecule has 0 aliphatic carbocycles. The molecule has 4 aromatic rings. The summed E-state index contributed by atoms with van der Waals surface area (Å²) in [5, 5.41) is 20.1. The average molecular weight is 424 g/mol. The smallest absolute Gasteiger partial charge is 0.238 e. The molecule has 1 aromatic heterocycles. The predicted molar refractivity (Wildman–Crippen MR) is 123 cm³/mol. The molecule has 0 fully saturated rings. The predicted octanol–water partition coefficient (Wildman–Crippen LogP) is 5.96. The van der Waals surface area contributed by atoms with Gasteiger partial charge in [0.25, 0.3) is 0 Å². The van der Waals surface area contributed by atoms with E-state index in [0.717, 1.165) is 11.1 Å². The van der Waals surface area contributed by atoms with Crippen LogP contribution in [0.2, 0.25) is 0 Å². The third-order valence-electron chi connectivity index (χ3n) is 4.93. The molecule has 1 heterocycles. The lowest BCUT2D eigenvalue weighted by atomic mass is 9.98. The van der Waals surface area contributed by atoms with Crippen molar-refractivity contribution in [1.29, 1.82) is 5.26 Å². The highest BCUT2D eigenvalue weighted by molar-refractivity contribution is 5.90. The van der Waals surface area contributed by atoms with Crippen molar-refractivity contribution in [3.8, 4) is 45.8 Å². The van der Waals surface area contributed by atoms with E-state index in [1.807, 2.05) is 60.7 Å². The highest BCUT2D eigenvalue weighted by atomic mass is 16.5. The van der Waals surface area contributed by atoms with Crippen molar-refractivity contribution in [1.82, 2.24) is 0 Å². The molecule has 0 aliphatic heterocycles. The molecular formula is C26H20N2O4. The molecule has 1 N–H and O–H groups in total. The van der Waals surface area contributed by atoms with Gasteiger partial charge in [0.15, 0.2) is 11.5 Å². The number of hydrogen-bond donors (Lipinski definition) is 1. The molecule has 3 aromatic carbocycles. The van der Waals surface area contributed by atoms with Crippen LogP contribution in [0.4, 0.5) is 5.88 Å². The normalized spacial score (nSPS) is 10.8. The molecule has 0 saturated heterocycles. The van der Waals surface area contributed by atoms with E-state index in [-0.39, 0.29) is 23.1 Å². The summed E-state index contributed by atoms with van der Waals surface area (Å²) >= 11 is 0. The van der Waals surface area contributed by atoms with Crippen molar-refractivity contribution in [2.45, 2.75) is 0 Å². The van der Waals surface area contributed by atoms with Gasteiger partial charge in [-0.2, -0.15) is 5.26 Å². The van der Waals surface area contributed by atoms with Gasteiger partial charge in [-0.3, -0.25) is 0 Å². The van der Waals surface area contributed by atoms with E-state index in [0.29, 0.717) is 22.5 Å². The first-order valence-corrected chi connectivity index (χ1v) is 9.83. The van der Waals surface area contributed by atoms with Crippen LogP contribution in [0.25, 0.3) is 22.5 Å². The first-order chi connectivity index (χ1) is 15.7. The second-order valence-corrected chi connectivity index (χ2v) is 6.86. The topological polar surface area (TPSA) is 88.0 Å². The van der Waals surface area contributed by atoms with Crippen molar-refractivity contribution < 1.29 is 19.0 Å². The van der Waals surface area contributed by atoms with E-state index < -0.39 is 0 Å². The maximum Gasteiger partial charge on any atom is 0.238 e. The van der Waals surface area contributed by atoms with Gasteiger partial charge in [0.2, 0.25) is 11.6 Å². The van der Waals surface area contributed by atoms with E-state index in [4.69, 9.17) is 13.9 Å². The van der Waals surface area contributed by atoms with E-state index in [9.17, 15) is 10.4 Å². The molecule has 0 atom stereocenters. The Morgan fingerprint density at radius 1 is 0.906 bits per heavy atom. The second kappa shape index (κ2) is 9.11. The third-order valence-corrected chi connectivity index (χ3v) is 4.93. The van der Waals surface area contributed by atoms with Gasteiger partial charge in [-0.25, -0.2) is 4.99 Å².